The summed E-state index contributed by atoms with van der Waals surface area (Å²) >= 11 is 2.18. The Hall–Kier alpha value is -3.14. The first-order valence-electron chi connectivity index (χ1n) is 14.5. The van der Waals surface area contributed by atoms with Crippen molar-refractivity contribution in [3.05, 3.63) is 73.6 Å². The molecule has 3 aliphatic rings. The fraction of sp³-hybridized carbons (Fsp3) is 0.441. The molecular weight excluding hydrogens is 643 g/mol. The van der Waals surface area contributed by atoms with E-state index < -0.39 is 5.92 Å². The molecule has 0 bridgehead atoms. The number of anilines is 1. The fourth-order valence-electron chi connectivity index (χ4n) is 6.35. The molecule has 42 heavy (non-hydrogen) atoms. The Morgan fingerprint density at radius 1 is 0.929 bits per heavy atom. The summed E-state index contributed by atoms with van der Waals surface area (Å²) in [7, 11) is 0. The van der Waals surface area contributed by atoms with Gasteiger partial charge in [-0.3, -0.25) is 14.4 Å². The number of carbonyl (C=O) groups is 3. The molecule has 1 amide bonds. The summed E-state index contributed by atoms with van der Waals surface area (Å²) in [6, 6.07) is 11.4. The van der Waals surface area contributed by atoms with Gasteiger partial charge in [-0.15, -0.1) is 0 Å². The van der Waals surface area contributed by atoms with Gasteiger partial charge in [0, 0.05) is 47.0 Å². The first-order chi connectivity index (χ1) is 19.8. The van der Waals surface area contributed by atoms with E-state index in [9.17, 15) is 14.4 Å². The maximum atomic E-state index is 13.7. The van der Waals surface area contributed by atoms with Crippen LogP contribution in [0.5, 0.6) is 11.5 Å². The molecule has 1 heterocycles. The standard InChI is InChI=1S/C34H39IN2O5/c1-7-41-27-13-20(12-22(35)32(27)42-18-28(40)36-21-10-8-19(2)9-11-21)29-30-23(14-33(3,4)16-25(30)38)37-24-15-34(5,6)17-26(39)31(24)29/h8-13,29,37H,7,14-18H2,1-6H3,(H,36,40). The molecule has 0 radical (unpaired) electrons. The van der Waals surface area contributed by atoms with Gasteiger partial charge in [0.2, 0.25) is 0 Å². The van der Waals surface area contributed by atoms with E-state index in [2.05, 4.69) is 60.9 Å². The van der Waals surface area contributed by atoms with Gasteiger partial charge in [0.15, 0.2) is 29.7 Å². The monoisotopic (exact) mass is 682 g/mol. The van der Waals surface area contributed by atoms with Crippen LogP contribution in [0, 0.1) is 21.3 Å². The third kappa shape index (κ3) is 6.28. The highest BCUT2D eigenvalue weighted by atomic mass is 127. The van der Waals surface area contributed by atoms with Crippen molar-refractivity contribution in [2.45, 2.75) is 73.1 Å². The topological polar surface area (TPSA) is 93.7 Å². The van der Waals surface area contributed by atoms with Crippen LogP contribution in [-0.4, -0.2) is 30.7 Å². The van der Waals surface area contributed by atoms with Gasteiger partial charge in [-0.05, 0) is 89.9 Å². The lowest BCUT2D eigenvalue weighted by atomic mass is 9.64. The molecule has 0 aromatic heterocycles. The second-order valence-electron chi connectivity index (χ2n) is 13.2. The maximum Gasteiger partial charge on any atom is 0.262 e. The molecule has 1 aliphatic heterocycles. The molecule has 2 aromatic carbocycles. The normalized spacial score (nSPS) is 19.6. The number of nitrogens with one attached hydrogen (secondary N) is 2. The van der Waals surface area contributed by atoms with E-state index in [-0.39, 0.29) is 34.9 Å². The number of allylic oxidation sites excluding steroid dienone is 4. The number of ketones is 2. The van der Waals surface area contributed by atoms with Crippen molar-refractivity contribution in [3.8, 4) is 11.5 Å². The van der Waals surface area contributed by atoms with E-state index in [1.807, 2.05) is 50.2 Å². The van der Waals surface area contributed by atoms with Gasteiger partial charge in [0.1, 0.15) is 0 Å². The number of amides is 1. The van der Waals surface area contributed by atoms with Crippen LogP contribution in [0.15, 0.2) is 58.9 Å². The average molecular weight is 683 g/mol. The molecule has 0 saturated carbocycles. The molecule has 7 nitrogen and oxygen atoms in total. The van der Waals surface area contributed by atoms with Gasteiger partial charge in [-0.25, -0.2) is 0 Å². The van der Waals surface area contributed by atoms with Gasteiger partial charge in [0.05, 0.1) is 10.2 Å². The second-order valence-corrected chi connectivity index (χ2v) is 14.4. The van der Waals surface area contributed by atoms with Crippen molar-refractivity contribution in [2.75, 3.05) is 18.5 Å². The van der Waals surface area contributed by atoms with Crippen molar-refractivity contribution in [1.82, 2.24) is 5.32 Å². The number of hydrogen-bond acceptors (Lipinski definition) is 6. The number of hydrogen-bond donors (Lipinski definition) is 2. The number of halogens is 1. The highest BCUT2D eigenvalue weighted by molar-refractivity contribution is 14.1. The van der Waals surface area contributed by atoms with Crippen LogP contribution in [0.1, 0.15) is 77.3 Å². The summed E-state index contributed by atoms with van der Waals surface area (Å²) in [6.45, 7) is 12.5. The molecular formula is C34H39IN2O5. The summed E-state index contributed by atoms with van der Waals surface area (Å²) in [4.78, 5) is 40.1. The summed E-state index contributed by atoms with van der Waals surface area (Å²) in [5, 5.41) is 6.42. The SMILES string of the molecule is CCOc1cc(C2C3=C(CC(C)(C)CC3=O)NC3=C2C(=O)CC(C)(C)C3)cc(I)c1OCC(=O)Nc1ccc(C)cc1. The summed E-state index contributed by atoms with van der Waals surface area (Å²) in [5.74, 6) is 0.334. The lowest BCUT2D eigenvalue weighted by molar-refractivity contribution is -0.119. The number of rotatable bonds is 7. The van der Waals surface area contributed by atoms with Crippen LogP contribution in [0.3, 0.4) is 0 Å². The fourth-order valence-corrected chi connectivity index (χ4v) is 7.13. The minimum absolute atomic E-state index is 0.0732. The van der Waals surface area contributed by atoms with Crippen LogP contribution in [-0.2, 0) is 14.4 Å². The molecule has 0 spiro atoms. The molecule has 2 N–H and O–H groups in total. The van der Waals surface area contributed by atoms with Gasteiger partial charge in [0.25, 0.3) is 5.91 Å². The summed E-state index contributed by atoms with van der Waals surface area (Å²) in [6.07, 6.45) is 2.34. The Kier molecular flexibility index (Phi) is 8.31. The van der Waals surface area contributed by atoms with Crippen molar-refractivity contribution < 1.29 is 23.9 Å². The number of Topliss-reactive ketones (excluding diaryl/α,β-unsaturated/α-hetero) is 2. The van der Waals surface area contributed by atoms with E-state index in [0.29, 0.717) is 47.8 Å². The Morgan fingerprint density at radius 3 is 2.05 bits per heavy atom. The zero-order valence-electron chi connectivity index (χ0n) is 25.2. The molecule has 8 heteroatoms. The quantitative estimate of drug-likeness (QED) is 0.306. The second kappa shape index (κ2) is 11.5. The lowest BCUT2D eigenvalue weighted by Gasteiger charge is -2.44. The van der Waals surface area contributed by atoms with Crippen LogP contribution in [0.4, 0.5) is 5.69 Å². The number of carbonyl (C=O) groups excluding carboxylic acids is 3. The van der Waals surface area contributed by atoms with E-state index >= 15 is 0 Å². The van der Waals surface area contributed by atoms with Gasteiger partial charge >= 0.3 is 0 Å². The molecule has 222 valence electrons. The Bertz CT molecular complexity index is 1470. The molecule has 2 aromatic rings. The first-order valence-corrected chi connectivity index (χ1v) is 15.6. The molecule has 0 unspecified atom stereocenters. The zero-order chi connectivity index (χ0) is 30.4. The Balaban J connectivity index is 1.52. The highest BCUT2D eigenvalue weighted by Crippen LogP contribution is 2.52. The minimum Gasteiger partial charge on any atom is -0.490 e. The average Bonchev–Trinajstić information content (AvgIpc) is 2.87. The third-order valence-corrected chi connectivity index (χ3v) is 8.87. The van der Waals surface area contributed by atoms with Crippen LogP contribution in [0.25, 0.3) is 0 Å². The molecule has 0 atom stereocenters. The predicted molar refractivity (Wildman–Crippen MR) is 172 cm³/mol. The van der Waals surface area contributed by atoms with Gasteiger partial charge in [-0.2, -0.15) is 0 Å². The molecule has 2 aliphatic carbocycles. The molecule has 5 rings (SSSR count). The van der Waals surface area contributed by atoms with Crippen molar-refractivity contribution >= 4 is 45.8 Å². The summed E-state index contributed by atoms with van der Waals surface area (Å²) in [5.41, 5.74) is 5.51. The number of aryl methyl sites for hydroxylation is 1. The van der Waals surface area contributed by atoms with E-state index in [4.69, 9.17) is 9.47 Å². The number of ether oxygens (including phenoxy) is 2. The van der Waals surface area contributed by atoms with Crippen LogP contribution in [0.2, 0.25) is 0 Å². The number of dihydropyridines is 1. The molecule has 0 saturated heterocycles. The van der Waals surface area contributed by atoms with Crippen molar-refractivity contribution in [2.24, 2.45) is 10.8 Å². The van der Waals surface area contributed by atoms with E-state index in [1.54, 1.807) is 0 Å². The zero-order valence-corrected chi connectivity index (χ0v) is 27.4. The summed E-state index contributed by atoms with van der Waals surface area (Å²) < 4.78 is 12.8. The Morgan fingerprint density at radius 2 is 1.50 bits per heavy atom. The largest absolute Gasteiger partial charge is 0.490 e. The smallest absolute Gasteiger partial charge is 0.262 e. The van der Waals surface area contributed by atoms with Crippen LogP contribution < -0.4 is 20.1 Å². The van der Waals surface area contributed by atoms with Gasteiger partial charge < -0.3 is 20.1 Å². The first kappa shape index (κ1) is 30.3. The van der Waals surface area contributed by atoms with Crippen molar-refractivity contribution in [3.63, 3.8) is 0 Å². The predicted octanol–water partition coefficient (Wildman–Crippen LogP) is 6.99. The van der Waals surface area contributed by atoms with E-state index in [1.165, 1.54) is 0 Å². The minimum atomic E-state index is -0.477. The van der Waals surface area contributed by atoms with Crippen LogP contribution >= 0.6 is 22.6 Å². The maximum absolute atomic E-state index is 13.7. The lowest BCUT2D eigenvalue weighted by Crippen LogP contribution is -2.42. The van der Waals surface area contributed by atoms with E-state index in [0.717, 1.165) is 38.9 Å². The molecule has 0 fully saturated rings. The van der Waals surface area contributed by atoms with Crippen molar-refractivity contribution in [1.29, 1.82) is 0 Å². The number of benzene rings is 2. The van der Waals surface area contributed by atoms with Gasteiger partial charge in [-0.1, -0.05) is 45.4 Å². The third-order valence-electron chi connectivity index (χ3n) is 8.07. The highest BCUT2D eigenvalue weighted by Gasteiger charge is 2.46. The Labute approximate surface area is 261 Å².